The number of carbonyl (C=O) groups excluding carboxylic acids is 1. The number of halogens is 3. The van der Waals surface area contributed by atoms with Crippen molar-refractivity contribution >= 4 is 39.1 Å². The normalized spacial score (nSPS) is 11.9. The highest BCUT2D eigenvalue weighted by Crippen LogP contribution is 2.25. The molecule has 1 unspecified atom stereocenters. The van der Waals surface area contributed by atoms with Gasteiger partial charge in [-0.1, -0.05) is 39.7 Å². The average Bonchev–Trinajstić information content (AvgIpc) is 2.39. The van der Waals surface area contributed by atoms with Gasteiger partial charge in [0.1, 0.15) is 11.9 Å². The molecule has 0 heterocycles. The zero-order valence-electron chi connectivity index (χ0n) is 10.2. The Morgan fingerprint density at radius 2 is 2.05 bits per heavy atom. The first-order valence-corrected chi connectivity index (χ1v) is 6.91. The number of carbonyl (C=O) groups is 1. The molecule has 2 aromatic carbocycles. The molecular formula is C14H11BrClFN2O. The minimum atomic E-state index is -0.837. The third kappa shape index (κ3) is 3.49. The summed E-state index contributed by atoms with van der Waals surface area (Å²) in [5.41, 5.74) is 6.48. The molecule has 104 valence electrons. The van der Waals surface area contributed by atoms with E-state index in [0.29, 0.717) is 11.3 Å². The van der Waals surface area contributed by atoms with E-state index in [2.05, 4.69) is 21.2 Å². The number of nitrogens with two attached hydrogens (primary N) is 1. The molecule has 3 nitrogen and oxygen atoms in total. The van der Waals surface area contributed by atoms with Crippen molar-refractivity contribution in [3.05, 3.63) is 63.3 Å². The van der Waals surface area contributed by atoms with E-state index in [1.54, 1.807) is 18.2 Å². The third-order valence-electron chi connectivity index (χ3n) is 2.70. The Hall–Kier alpha value is -1.59. The van der Waals surface area contributed by atoms with Gasteiger partial charge in [-0.25, -0.2) is 4.39 Å². The van der Waals surface area contributed by atoms with Crippen LogP contribution in [0.3, 0.4) is 0 Å². The highest BCUT2D eigenvalue weighted by Gasteiger charge is 2.19. The van der Waals surface area contributed by atoms with Gasteiger partial charge in [-0.3, -0.25) is 4.79 Å². The molecular weight excluding hydrogens is 347 g/mol. The molecule has 1 atom stereocenters. The van der Waals surface area contributed by atoms with Crippen LogP contribution < -0.4 is 11.1 Å². The smallest absolute Gasteiger partial charge is 0.244 e. The number of hydrogen-bond acceptors (Lipinski definition) is 2. The second-order valence-electron chi connectivity index (χ2n) is 4.16. The first-order chi connectivity index (χ1) is 9.47. The van der Waals surface area contributed by atoms with Crippen molar-refractivity contribution in [3.63, 3.8) is 0 Å². The summed E-state index contributed by atoms with van der Waals surface area (Å²) in [6, 6.07) is 10.6. The Kier molecular flexibility index (Phi) is 4.62. The minimum absolute atomic E-state index is 0.000532. The molecule has 0 aliphatic heterocycles. The standard InChI is InChI=1S/C14H11BrClFN2O/c15-9-2-1-3-10(7-9)19-13(14(18)20)8-4-5-11(16)12(17)6-8/h1-7,13,19H,(H2,18,20). The predicted molar refractivity (Wildman–Crippen MR) is 81.1 cm³/mol. The number of hydrogen-bond donors (Lipinski definition) is 2. The summed E-state index contributed by atoms with van der Waals surface area (Å²) in [6.45, 7) is 0. The molecule has 2 aromatic rings. The van der Waals surface area contributed by atoms with Crippen molar-refractivity contribution in [3.8, 4) is 0 Å². The van der Waals surface area contributed by atoms with Crippen molar-refractivity contribution in [1.82, 2.24) is 0 Å². The fourth-order valence-corrected chi connectivity index (χ4v) is 2.27. The third-order valence-corrected chi connectivity index (χ3v) is 3.50. The van der Waals surface area contributed by atoms with Crippen molar-refractivity contribution in [1.29, 1.82) is 0 Å². The largest absolute Gasteiger partial charge is 0.370 e. The lowest BCUT2D eigenvalue weighted by molar-refractivity contribution is -0.118. The topological polar surface area (TPSA) is 55.1 Å². The highest BCUT2D eigenvalue weighted by atomic mass is 79.9. The van der Waals surface area contributed by atoms with Gasteiger partial charge in [0.25, 0.3) is 0 Å². The molecule has 0 aromatic heterocycles. The number of primary amides is 1. The van der Waals surface area contributed by atoms with Gasteiger partial charge in [0.05, 0.1) is 5.02 Å². The Labute approximate surface area is 129 Å². The molecule has 0 aliphatic carbocycles. The zero-order chi connectivity index (χ0) is 14.7. The zero-order valence-corrected chi connectivity index (χ0v) is 12.6. The molecule has 2 rings (SSSR count). The summed E-state index contributed by atoms with van der Waals surface area (Å²) in [6.07, 6.45) is 0. The van der Waals surface area contributed by atoms with Crippen LogP contribution >= 0.6 is 27.5 Å². The van der Waals surface area contributed by atoms with Crippen LogP contribution in [-0.4, -0.2) is 5.91 Å². The molecule has 0 saturated heterocycles. The predicted octanol–water partition coefficient (Wildman–Crippen LogP) is 3.88. The molecule has 0 saturated carbocycles. The van der Waals surface area contributed by atoms with Crippen molar-refractivity contribution in [2.45, 2.75) is 6.04 Å². The number of benzene rings is 2. The quantitative estimate of drug-likeness (QED) is 0.872. The Bertz CT molecular complexity index is 651. The highest BCUT2D eigenvalue weighted by molar-refractivity contribution is 9.10. The lowest BCUT2D eigenvalue weighted by Crippen LogP contribution is -2.27. The first kappa shape index (κ1) is 14.8. The number of amides is 1. The number of anilines is 1. The molecule has 0 fully saturated rings. The molecule has 1 amide bonds. The van der Waals surface area contributed by atoms with E-state index in [-0.39, 0.29) is 5.02 Å². The lowest BCUT2D eigenvalue weighted by Gasteiger charge is -2.17. The fourth-order valence-electron chi connectivity index (χ4n) is 1.76. The van der Waals surface area contributed by atoms with Crippen LogP contribution in [0.4, 0.5) is 10.1 Å². The molecule has 0 bridgehead atoms. The summed E-state index contributed by atoms with van der Waals surface area (Å²) in [5, 5.41) is 2.97. The maximum absolute atomic E-state index is 13.5. The molecule has 0 radical (unpaired) electrons. The van der Waals surface area contributed by atoms with Crippen LogP contribution in [0.25, 0.3) is 0 Å². The number of rotatable bonds is 4. The van der Waals surface area contributed by atoms with Crippen LogP contribution in [-0.2, 0) is 4.79 Å². The van der Waals surface area contributed by atoms with Crippen LogP contribution in [0, 0.1) is 5.82 Å². The molecule has 0 aliphatic rings. The maximum Gasteiger partial charge on any atom is 0.244 e. The fraction of sp³-hybridized carbons (Fsp3) is 0.0714. The summed E-state index contributed by atoms with van der Waals surface area (Å²) >= 11 is 8.96. The second-order valence-corrected chi connectivity index (χ2v) is 5.49. The molecule has 3 N–H and O–H groups in total. The van der Waals surface area contributed by atoms with E-state index in [0.717, 1.165) is 4.47 Å². The average molecular weight is 358 g/mol. The van der Waals surface area contributed by atoms with Gasteiger partial charge in [0.2, 0.25) is 5.91 Å². The van der Waals surface area contributed by atoms with Crippen molar-refractivity contribution in [2.75, 3.05) is 5.32 Å². The SMILES string of the molecule is NC(=O)C(Nc1cccc(Br)c1)c1ccc(Cl)c(F)c1. The molecule has 20 heavy (non-hydrogen) atoms. The van der Waals surface area contributed by atoms with Gasteiger partial charge in [-0.05, 0) is 35.9 Å². The van der Waals surface area contributed by atoms with Gasteiger partial charge in [-0.15, -0.1) is 0 Å². The van der Waals surface area contributed by atoms with E-state index in [9.17, 15) is 9.18 Å². The Morgan fingerprint density at radius 3 is 2.65 bits per heavy atom. The Balaban J connectivity index is 2.32. The van der Waals surface area contributed by atoms with Gasteiger partial charge in [0.15, 0.2) is 0 Å². The van der Waals surface area contributed by atoms with Gasteiger partial charge >= 0.3 is 0 Å². The van der Waals surface area contributed by atoms with Crippen molar-refractivity contribution in [2.24, 2.45) is 5.73 Å². The van der Waals surface area contributed by atoms with E-state index in [1.807, 2.05) is 12.1 Å². The summed E-state index contributed by atoms with van der Waals surface area (Å²) in [4.78, 5) is 11.6. The van der Waals surface area contributed by atoms with Gasteiger partial charge < -0.3 is 11.1 Å². The lowest BCUT2D eigenvalue weighted by atomic mass is 10.1. The van der Waals surface area contributed by atoms with E-state index < -0.39 is 17.8 Å². The summed E-state index contributed by atoms with van der Waals surface area (Å²) in [7, 11) is 0. The second kappa shape index (κ2) is 6.24. The summed E-state index contributed by atoms with van der Waals surface area (Å²) in [5.74, 6) is -1.20. The van der Waals surface area contributed by atoms with E-state index in [1.165, 1.54) is 12.1 Å². The van der Waals surface area contributed by atoms with E-state index in [4.69, 9.17) is 17.3 Å². The van der Waals surface area contributed by atoms with Crippen LogP contribution in [0.15, 0.2) is 46.9 Å². The van der Waals surface area contributed by atoms with Crippen LogP contribution in [0.2, 0.25) is 5.02 Å². The monoisotopic (exact) mass is 356 g/mol. The molecule has 0 spiro atoms. The first-order valence-electron chi connectivity index (χ1n) is 5.74. The molecule has 6 heteroatoms. The van der Waals surface area contributed by atoms with Gasteiger partial charge in [0, 0.05) is 10.2 Å². The van der Waals surface area contributed by atoms with E-state index >= 15 is 0 Å². The van der Waals surface area contributed by atoms with Crippen LogP contribution in [0.5, 0.6) is 0 Å². The number of nitrogens with one attached hydrogen (secondary N) is 1. The summed E-state index contributed by atoms with van der Waals surface area (Å²) < 4.78 is 14.3. The van der Waals surface area contributed by atoms with Crippen molar-refractivity contribution < 1.29 is 9.18 Å². The van der Waals surface area contributed by atoms with Gasteiger partial charge in [-0.2, -0.15) is 0 Å². The minimum Gasteiger partial charge on any atom is -0.370 e. The van der Waals surface area contributed by atoms with Crippen LogP contribution in [0.1, 0.15) is 11.6 Å². The maximum atomic E-state index is 13.5. The Morgan fingerprint density at radius 1 is 1.30 bits per heavy atom.